The standard InChI is InChI=1S/C10H12N2O3S/c13-7(1-2-8-11-5-6-16-8)12-10(3-4-10)9(14)15/h5-6H,1-4H2,(H,12,13)(H,14,15). The van der Waals surface area contributed by atoms with Crippen LogP contribution in [0.4, 0.5) is 0 Å². The maximum Gasteiger partial charge on any atom is 0.329 e. The number of aliphatic carboxylic acids is 1. The van der Waals surface area contributed by atoms with Crippen molar-refractivity contribution in [2.24, 2.45) is 0 Å². The molecule has 1 aliphatic carbocycles. The van der Waals surface area contributed by atoms with Gasteiger partial charge in [0.25, 0.3) is 0 Å². The topological polar surface area (TPSA) is 79.3 Å². The van der Waals surface area contributed by atoms with Gasteiger partial charge in [0.2, 0.25) is 5.91 Å². The van der Waals surface area contributed by atoms with Gasteiger partial charge < -0.3 is 10.4 Å². The molecule has 6 heteroatoms. The van der Waals surface area contributed by atoms with Gasteiger partial charge in [0, 0.05) is 24.4 Å². The molecule has 0 aliphatic heterocycles. The third-order valence-corrected chi connectivity index (χ3v) is 3.43. The number of amides is 1. The highest BCUT2D eigenvalue weighted by molar-refractivity contribution is 7.09. The van der Waals surface area contributed by atoms with Crippen molar-refractivity contribution in [2.75, 3.05) is 0 Å². The molecule has 5 nitrogen and oxygen atoms in total. The molecule has 1 aliphatic rings. The molecule has 0 saturated heterocycles. The molecule has 0 aromatic carbocycles. The number of carboxylic acid groups (broad SMARTS) is 1. The number of carboxylic acids is 1. The van der Waals surface area contributed by atoms with Crippen LogP contribution in [0.25, 0.3) is 0 Å². The van der Waals surface area contributed by atoms with Crippen molar-refractivity contribution in [2.45, 2.75) is 31.2 Å². The van der Waals surface area contributed by atoms with E-state index >= 15 is 0 Å². The van der Waals surface area contributed by atoms with Gasteiger partial charge in [-0.1, -0.05) is 0 Å². The molecule has 0 unspecified atom stereocenters. The zero-order valence-corrected chi connectivity index (χ0v) is 9.42. The Labute approximate surface area is 96.5 Å². The zero-order valence-electron chi connectivity index (χ0n) is 8.60. The molecule has 2 N–H and O–H groups in total. The zero-order chi connectivity index (χ0) is 11.6. The summed E-state index contributed by atoms with van der Waals surface area (Å²) in [6.45, 7) is 0. The van der Waals surface area contributed by atoms with Crippen molar-refractivity contribution in [3.63, 3.8) is 0 Å². The van der Waals surface area contributed by atoms with Gasteiger partial charge in [-0.25, -0.2) is 9.78 Å². The van der Waals surface area contributed by atoms with Crippen LogP contribution in [-0.2, 0) is 16.0 Å². The van der Waals surface area contributed by atoms with Crippen LogP contribution < -0.4 is 5.32 Å². The fourth-order valence-corrected chi connectivity index (χ4v) is 2.06. The van der Waals surface area contributed by atoms with E-state index in [1.54, 1.807) is 6.20 Å². The predicted molar refractivity (Wildman–Crippen MR) is 58.2 cm³/mol. The van der Waals surface area contributed by atoms with Crippen molar-refractivity contribution in [1.82, 2.24) is 10.3 Å². The number of rotatable bonds is 5. The normalized spacial score (nSPS) is 16.8. The third-order valence-electron chi connectivity index (χ3n) is 2.59. The molecular weight excluding hydrogens is 228 g/mol. The van der Waals surface area contributed by atoms with Crippen molar-refractivity contribution >= 4 is 23.2 Å². The van der Waals surface area contributed by atoms with Crippen LogP contribution in [-0.4, -0.2) is 27.5 Å². The van der Waals surface area contributed by atoms with Crippen LogP contribution in [0.3, 0.4) is 0 Å². The maximum absolute atomic E-state index is 11.5. The summed E-state index contributed by atoms with van der Waals surface area (Å²) in [5.74, 6) is -1.15. The molecule has 1 fully saturated rings. The van der Waals surface area contributed by atoms with Crippen LogP contribution >= 0.6 is 11.3 Å². The average Bonchev–Trinajstić information content (AvgIpc) is 2.84. The summed E-state index contributed by atoms with van der Waals surface area (Å²) in [6, 6.07) is 0. The summed E-state index contributed by atoms with van der Waals surface area (Å²) >= 11 is 1.50. The molecule has 0 bridgehead atoms. The van der Waals surface area contributed by atoms with Gasteiger partial charge in [0.1, 0.15) is 5.54 Å². The van der Waals surface area contributed by atoms with Crippen molar-refractivity contribution in [3.05, 3.63) is 16.6 Å². The average molecular weight is 240 g/mol. The van der Waals surface area contributed by atoms with Gasteiger partial charge in [-0.2, -0.15) is 0 Å². The van der Waals surface area contributed by atoms with Crippen LogP contribution in [0, 0.1) is 0 Å². The number of thiazole rings is 1. The summed E-state index contributed by atoms with van der Waals surface area (Å²) in [6.07, 6.45) is 3.62. The molecular formula is C10H12N2O3S. The Morgan fingerprint density at radius 3 is 2.81 bits per heavy atom. The maximum atomic E-state index is 11.5. The first kappa shape index (κ1) is 11.1. The van der Waals surface area contributed by atoms with E-state index in [1.165, 1.54) is 11.3 Å². The van der Waals surface area contributed by atoms with Crippen molar-refractivity contribution in [3.8, 4) is 0 Å². The van der Waals surface area contributed by atoms with Gasteiger partial charge in [-0.3, -0.25) is 4.79 Å². The molecule has 0 radical (unpaired) electrons. The number of nitrogens with zero attached hydrogens (tertiary/aromatic N) is 1. The predicted octanol–water partition coefficient (Wildman–Crippen LogP) is 0.809. The second kappa shape index (κ2) is 4.21. The molecule has 1 heterocycles. The highest BCUT2D eigenvalue weighted by atomic mass is 32.1. The van der Waals surface area contributed by atoms with Gasteiger partial charge >= 0.3 is 5.97 Å². The van der Waals surface area contributed by atoms with E-state index in [0.717, 1.165) is 5.01 Å². The minimum atomic E-state index is -0.972. The second-order valence-electron chi connectivity index (χ2n) is 3.86. The van der Waals surface area contributed by atoms with Gasteiger partial charge in [0.05, 0.1) is 5.01 Å². The molecule has 1 aromatic heterocycles. The smallest absolute Gasteiger partial charge is 0.329 e. The molecule has 16 heavy (non-hydrogen) atoms. The monoisotopic (exact) mass is 240 g/mol. The molecule has 0 spiro atoms. The van der Waals surface area contributed by atoms with E-state index in [-0.39, 0.29) is 5.91 Å². The number of nitrogens with one attached hydrogen (secondary N) is 1. The van der Waals surface area contributed by atoms with Crippen LogP contribution in [0.2, 0.25) is 0 Å². The minimum Gasteiger partial charge on any atom is -0.480 e. The van der Waals surface area contributed by atoms with Gasteiger partial charge in [-0.15, -0.1) is 11.3 Å². The lowest BCUT2D eigenvalue weighted by Crippen LogP contribution is -2.43. The van der Waals surface area contributed by atoms with Crippen molar-refractivity contribution < 1.29 is 14.7 Å². The van der Waals surface area contributed by atoms with Crippen LogP contribution in [0.5, 0.6) is 0 Å². The second-order valence-corrected chi connectivity index (χ2v) is 4.84. The summed E-state index contributed by atoms with van der Waals surface area (Å²) in [5, 5.41) is 14.2. The molecule has 86 valence electrons. The molecule has 1 amide bonds. The first-order valence-electron chi connectivity index (χ1n) is 5.05. The first-order chi connectivity index (χ1) is 7.62. The number of carbonyl (C=O) groups is 2. The molecule has 0 atom stereocenters. The summed E-state index contributed by atoms with van der Waals surface area (Å²) in [4.78, 5) is 26.4. The Balaban J connectivity index is 1.79. The Morgan fingerprint density at radius 1 is 1.56 bits per heavy atom. The van der Waals surface area contributed by atoms with Gasteiger partial charge in [0.15, 0.2) is 0 Å². The molecule has 1 aromatic rings. The SMILES string of the molecule is O=C(CCc1nccs1)NC1(C(=O)O)CC1. The Bertz CT molecular complexity index is 398. The Kier molecular flexibility index (Phi) is 2.91. The minimum absolute atomic E-state index is 0.213. The van der Waals surface area contributed by atoms with E-state index in [9.17, 15) is 9.59 Å². The van der Waals surface area contributed by atoms with E-state index in [4.69, 9.17) is 5.11 Å². The van der Waals surface area contributed by atoms with Gasteiger partial charge in [-0.05, 0) is 12.8 Å². The summed E-state index contributed by atoms with van der Waals surface area (Å²) < 4.78 is 0. The molecule has 2 rings (SSSR count). The van der Waals surface area contributed by atoms with Crippen LogP contribution in [0.15, 0.2) is 11.6 Å². The number of hydrogen-bond acceptors (Lipinski definition) is 4. The lowest BCUT2D eigenvalue weighted by molar-refractivity contribution is -0.143. The number of hydrogen-bond donors (Lipinski definition) is 2. The highest BCUT2D eigenvalue weighted by Crippen LogP contribution is 2.35. The quantitative estimate of drug-likeness (QED) is 0.798. The van der Waals surface area contributed by atoms with E-state index in [2.05, 4.69) is 10.3 Å². The lowest BCUT2D eigenvalue weighted by atomic mass is 10.2. The Morgan fingerprint density at radius 2 is 2.31 bits per heavy atom. The number of carbonyl (C=O) groups excluding carboxylic acids is 1. The van der Waals surface area contributed by atoms with Crippen molar-refractivity contribution in [1.29, 1.82) is 0 Å². The van der Waals surface area contributed by atoms with Crippen LogP contribution in [0.1, 0.15) is 24.3 Å². The number of aromatic nitrogens is 1. The fourth-order valence-electron chi connectivity index (χ4n) is 1.44. The fraction of sp³-hybridized carbons (Fsp3) is 0.500. The van der Waals surface area contributed by atoms with E-state index in [1.807, 2.05) is 5.38 Å². The number of aryl methyl sites for hydroxylation is 1. The lowest BCUT2D eigenvalue weighted by Gasteiger charge is -2.11. The third kappa shape index (κ3) is 2.38. The first-order valence-corrected chi connectivity index (χ1v) is 5.93. The highest BCUT2D eigenvalue weighted by Gasteiger charge is 2.51. The largest absolute Gasteiger partial charge is 0.480 e. The van der Waals surface area contributed by atoms with E-state index in [0.29, 0.717) is 25.7 Å². The Hall–Kier alpha value is -1.43. The summed E-state index contributed by atoms with van der Waals surface area (Å²) in [5.41, 5.74) is -0.972. The molecule has 1 saturated carbocycles. The summed E-state index contributed by atoms with van der Waals surface area (Å²) in [7, 11) is 0. The van der Waals surface area contributed by atoms with E-state index < -0.39 is 11.5 Å².